The van der Waals surface area contributed by atoms with Crippen LogP contribution in [-0.2, 0) is 20.7 Å². The number of rotatable bonds is 7. The highest BCUT2D eigenvalue weighted by Crippen LogP contribution is 2.41. The summed E-state index contributed by atoms with van der Waals surface area (Å²) in [6.07, 6.45) is -0.449. The summed E-state index contributed by atoms with van der Waals surface area (Å²) in [5, 5.41) is -1.31. The standard InChI is InChI=1S/C27H33F3O3S/c1-18(13-14-24(30)34(31,32)20-11-9-8-10-12-20)21-15-19(26(2,3)4)16-22(27(5,6)7)25(21)33-17-23(28)29/h8-16,23H,17H2,1-7H3. The van der Waals surface area contributed by atoms with Gasteiger partial charge in [0.15, 0.2) is 0 Å². The van der Waals surface area contributed by atoms with Crippen LogP contribution in [0.2, 0.25) is 0 Å². The number of allylic oxidation sites excluding steroid dienone is 3. The second kappa shape index (κ2) is 10.4. The monoisotopic (exact) mass is 494 g/mol. The van der Waals surface area contributed by atoms with Crippen LogP contribution in [0.15, 0.2) is 64.7 Å². The quantitative estimate of drug-likeness (QED) is 0.372. The predicted molar refractivity (Wildman–Crippen MR) is 132 cm³/mol. The fraction of sp³-hybridized carbons (Fsp3) is 0.407. The molecule has 0 spiro atoms. The van der Waals surface area contributed by atoms with E-state index in [1.54, 1.807) is 13.0 Å². The molecule has 2 aromatic carbocycles. The van der Waals surface area contributed by atoms with Gasteiger partial charge in [-0.1, -0.05) is 71.9 Å². The Balaban J connectivity index is 2.68. The van der Waals surface area contributed by atoms with Crippen molar-refractivity contribution in [2.45, 2.75) is 70.6 Å². The number of halogens is 3. The average Bonchev–Trinajstić information content (AvgIpc) is 2.74. The molecular weight excluding hydrogens is 461 g/mol. The van der Waals surface area contributed by atoms with E-state index in [9.17, 15) is 21.6 Å². The van der Waals surface area contributed by atoms with Gasteiger partial charge in [-0.3, -0.25) is 0 Å². The van der Waals surface area contributed by atoms with E-state index >= 15 is 0 Å². The molecule has 0 atom stereocenters. The number of hydrogen-bond acceptors (Lipinski definition) is 3. The summed E-state index contributed by atoms with van der Waals surface area (Å²) in [5.41, 5.74) is 2.01. The van der Waals surface area contributed by atoms with E-state index < -0.39 is 33.4 Å². The molecule has 0 heterocycles. The Morgan fingerprint density at radius 1 is 0.971 bits per heavy atom. The van der Waals surface area contributed by atoms with E-state index in [1.165, 1.54) is 30.3 Å². The van der Waals surface area contributed by atoms with Gasteiger partial charge in [-0.05, 0) is 53.2 Å². The molecule has 0 aromatic heterocycles. The topological polar surface area (TPSA) is 43.4 Å². The minimum Gasteiger partial charge on any atom is -0.487 e. The van der Waals surface area contributed by atoms with Gasteiger partial charge in [-0.2, -0.15) is 4.39 Å². The zero-order valence-corrected chi connectivity index (χ0v) is 21.6. The van der Waals surface area contributed by atoms with Crippen LogP contribution in [0.4, 0.5) is 13.2 Å². The van der Waals surface area contributed by atoms with Crippen LogP contribution >= 0.6 is 0 Å². The first kappa shape index (κ1) is 27.7. The SMILES string of the molecule is CC(=CC=C(F)S(=O)(=O)c1ccccc1)c1cc(C(C)(C)C)cc(C(C)(C)C)c1OCC(F)F. The molecule has 7 heteroatoms. The number of hydrogen-bond donors (Lipinski definition) is 0. The lowest BCUT2D eigenvalue weighted by Crippen LogP contribution is -2.20. The Morgan fingerprint density at radius 3 is 2.06 bits per heavy atom. The van der Waals surface area contributed by atoms with Gasteiger partial charge < -0.3 is 4.74 Å². The molecule has 3 nitrogen and oxygen atoms in total. The van der Waals surface area contributed by atoms with Crippen molar-refractivity contribution in [1.82, 2.24) is 0 Å². The second-order valence-electron chi connectivity index (χ2n) is 10.2. The molecule has 34 heavy (non-hydrogen) atoms. The van der Waals surface area contributed by atoms with Gasteiger partial charge in [0.05, 0.1) is 4.90 Å². The lowest BCUT2D eigenvalue weighted by molar-refractivity contribution is 0.0807. The van der Waals surface area contributed by atoms with E-state index in [-0.39, 0.29) is 16.1 Å². The molecular formula is C27H33F3O3S. The molecule has 0 aliphatic heterocycles. The van der Waals surface area contributed by atoms with Crippen molar-refractivity contribution in [1.29, 1.82) is 0 Å². The normalized spacial score (nSPS) is 14.0. The Kier molecular flexibility index (Phi) is 8.46. The molecule has 0 unspecified atom stereocenters. The molecule has 0 fully saturated rings. The summed E-state index contributed by atoms with van der Waals surface area (Å²) in [6, 6.07) is 11.1. The van der Waals surface area contributed by atoms with Crippen molar-refractivity contribution in [3.05, 3.63) is 76.5 Å². The first-order chi connectivity index (χ1) is 15.5. The summed E-state index contributed by atoms with van der Waals surface area (Å²) in [5.74, 6) is 0.286. The summed E-state index contributed by atoms with van der Waals surface area (Å²) in [7, 11) is -4.29. The molecule has 0 bridgehead atoms. The zero-order chi connectivity index (χ0) is 25.9. The van der Waals surface area contributed by atoms with Crippen molar-refractivity contribution in [3.63, 3.8) is 0 Å². The summed E-state index contributed by atoms with van der Waals surface area (Å²) in [6.45, 7) is 12.8. The predicted octanol–water partition coefficient (Wildman–Crippen LogP) is 7.61. The first-order valence-electron chi connectivity index (χ1n) is 11.0. The van der Waals surface area contributed by atoms with E-state index in [0.29, 0.717) is 11.1 Å². The van der Waals surface area contributed by atoms with Gasteiger partial charge in [0, 0.05) is 11.1 Å². The van der Waals surface area contributed by atoms with Crippen LogP contribution in [0, 0.1) is 0 Å². The average molecular weight is 495 g/mol. The summed E-state index contributed by atoms with van der Waals surface area (Å²) in [4.78, 5) is -0.152. The van der Waals surface area contributed by atoms with Gasteiger partial charge >= 0.3 is 0 Å². The van der Waals surface area contributed by atoms with Crippen LogP contribution in [-0.4, -0.2) is 21.5 Å². The Bertz CT molecular complexity index is 1170. The molecule has 186 valence electrons. The Hall–Kier alpha value is -2.54. The van der Waals surface area contributed by atoms with Crippen LogP contribution in [0.3, 0.4) is 0 Å². The third-order valence-electron chi connectivity index (χ3n) is 5.32. The van der Waals surface area contributed by atoms with Crippen molar-refractivity contribution in [2.75, 3.05) is 6.61 Å². The molecule has 2 rings (SSSR count). The maximum Gasteiger partial charge on any atom is 0.272 e. The molecule has 0 saturated heterocycles. The fourth-order valence-electron chi connectivity index (χ4n) is 3.30. The molecule has 0 aliphatic rings. The minimum atomic E-state index is -4.29. The van der Waals surface area contributed by atoms with Crippen LogP contribution in [0.5, 0.6) is 5.75 Å². The molecule has 0 N–H and O–H groups in total. The van der Waals surface area contributed by atoms with E-state index in [4.69, 9.17) is 4.74 Å². The minimum absolute atomic E-state index is 0.152. The molecule has 0 saturated carbocycles. The van der Waals surface area contributed by atoms with E-state index in [2.05, 4.69) is 0 Å². The smallest absolute Gasteiger partial charge is 0.272 e. The number of ether oxygens (including phenoxy) is 1. The molecule has 2 aromatic rings. The first-order valence-corrected chi connectivity index (χ1v) is 12.5. The zero-order valence-electron chi connectivity index (χ0n) is 20.7. The number of benzene rings is 2. The summed E-state index contributed by atoms with van der Waals surface area (Å²) >= 11 is 0. The Morgan fingerprint density at radius 2 is 1.56 bits per heavy atom. The van der Waals surface area contributed by atoms with Crippen molar-refractivity contribution in [3.8, 4) is 5.75 Å². The van der Waals surface area contributed by atoms with Crippen LogP contribution in [0.25, 0.3) is 5.57 Å². The fourth-order valence-corrected chi connectivity index (χ4v) is 4.28. The highest BCUT2D eigenvalue weighted by atomic mass is 32.2. The third kappa shape index (κ3) is 6.75. The van der Waals surface area contributed by atoms with Gasteiger partial charge in [-0.15, -0.1) is 0 Å². The second-order valence-corrected chi connectivity index (χ2v) is 12.1. The third-order valence-corrected chi connectivity index (χ3v) is 6.86. The van der Waals surface area contributed by atoms with Gasteiger partial charge in [0.25, 0.3) is 6.43 Å². The Labute approximate surface area is 201 Å². The van der Waals surface area contributed by atoms with Gasteiger partial charge in [0.2, 0.25) is 15.0 Å². The van der Waals surface area contributed by atoms with E-state index in [1.807, 2.05) is 53.7 Å². The maximum atomic E-state index is 14.7. The highest BCUT2D eigenvalue weighted by molar-refractivity contribution is 7.95. The van der Waals surface area contributed by atoms with Crippen molar-refractivity contribution in [2.24, 2.45) is 0 Å². The van der Waals surface area contributed by atoms with Crippen LogP contribution in [0.1, 0.15) is 65.2 Å². The summed E-state index contributed by atoms with van der Waals surface area (Å²) < 4.78 is 71.4. The molecule has 0 radical (unpaired) electrons. The maximum absolute atomic E-state index is 14.7. The van der Waals surface area contributed by atoms with Gasteiger partial charge in [-0.25, -0.2) is 17.2 Å². The van der Waals surface area contributed by atoms with Crippen molar-refractivity contribution < 1.29 is 26.3 Å². The van der Waals surface area contributed by atoms with E-state index in [0.717, 1.165) is 17.2 Å². The molecule has 0 amide bonds. The molecule has 0 aliphatic carbocycles. The lowest BCUT2D eigenvalue weighted by Gasteiger charge is -2.29. The highest BCUT2D eigenvalue weighted by Gasteiger charge is 2.27. The van der Waals surface area contributed by atoms with Gasteiger partial charge in [0.1, 0.15) is 12.4 Å². The number of alkyl halides is 2. The lowest BCUT2D eigenvalue weighted by atomic mass is 9.78. The van der Waals surface area contributed by atoms with Crippen LogP contribution < -0.4 is 4.74 Å². The van der Waals surface area contributed by atoms with Crippen molar-refractivity contribution >= 4 is 15.4 Å². The largest absolute Gasteiger partial charge is 0.487 e. The number of sulfone groups is 1.